The molecule has 0 aliphatic carbocycles. The first-order valence-electron chi connectivity index (χ1n) is 9.33. The highest BCUT2D eigenvalue weighted by Gasteiger charge is 2.35. The number of halogens is 1. The zero-order chi connectivity index (χ0) is 19.7. The van der Waals surface area contributed by atoms with Crippen LogP contribution in [0.3, 0.4) is 0 Å². The molecule has 2 aliphatic heterocycles. The predicted molar refractivity (Wildman–Crippen MR) is 114 cm³/mol. The quantitative estimate of drug-likeness (QED) is 0.693. The van der Waals surface area contributed by atoms with Gasteiger partial charge in [-0.3, -0.25) is 10.1 Å². The number of amidine groups is 1. The molecule has 0 spiro atoms. The van der Waals surface area contributed by atoms with Gasteiger partial charge in [0.15, 0.2) is 10.9 Å². The number of amides is 1. The van der Waals surface area contributed by atoms with Gasteiger partial charge in [-0.15, -0.1) is 5.10 Å². The second kappa shape index (κ2) is 8.13. The van der Waals surface area contributed by atoms with Crippen LogP contribution in [0.25, 0.3) is 5.70 Å². The smallest absolute Gasteiger partial charge is 0.276 e. The van der Waals surface area contributed by atoms with Crippen LogP contribution >= 0.6 is 27.7 Å². The highest BCUT2D eigenvalue weighted by Crippen LogP contribution is 2.31. The van der Waals surface area contributed by atoms with Gasteiger partial charge in [-0.25, -0.2) is 10.0 Å². The monoisotopic (exact) mass is 460 g/mol. The van der Waals surface area contributed by atoms with Crippen molar-refractivity contribution in [2.75, 3.05) is 5.75 Å². The Labute approximate surface area is 175 Å². The summed E-state index contributed by atoms with van der Waals surface area (Å²) in [5, 5.41) is 11.5. The molecule has 0 radical (unpaired) electrons. The molecule has 4 rings (SSSR count). The molecule has 1 aromatic heterocycles. The van der Waals surface area contributed by atoms with Crippen molar-refractivity contribution in [3.05, 3.63) is 56.9 Å². The third-order valence-electron chi connectivity index (χ3n) is 4.57. The molecule has 1 amide bonds. The Bertz CT molecular complexity index is 1060. The van der Waals surface area contributed by atoms with Gasteiger partial charge in [-0.2, -0.15) is 0 Å². The van der Waals surface area contributed by atoms with E-state index in [0.717, 1.165) is 39.4 Å². The number of rotatable bonds is 5. The molecule has 0 saturated carbocycles. The van der Waals surface area contributed by atoms with Gasteiger partial charge in [-0.05, 0) is 43.7 Å². The Kier molecular flexibility index (Phi) is 5.59. The number of hydrogen-bond acceptors (Lipinski definition) is 6. The van der Waals surface area contributed by atoms with Crippen molar-refractivity contribution in [3.8, 4) is 0 Å². The van der Waals surface area contributed by atoms with Gasteiger partial charge in [0.2, 0.25) is 6.17 Å². The summed E-state index contributed by atoms with van der Waals surface area (Å²) in [6.07, 6.45) is 2.91. The van der Waals surface area contributed by atoms with E-state index >= 15 is 0 Å². The maximum atomic E-state index is 13.0. The second-order valence-electron chi connectivity index (χ2n) is 6.72. The summed E-state index contributed by atoms with van der Waals surface area (Å²) in [6.45, 7) is 4.07. The van der Waals surface area contributed by atoms with E-state index < -0.39 is 6.17 Å². The van der Waals surface area contributed by atoms with Crippen LogP contribution in [0.15, 0.2) is 49.3 Å². The summed E-state index contributed by atoms with van der Waals surface area (Å²) in [7, 11) is 0. The van der Waals surface area contributed by atoms with Crippen molar-refractivity contribution >= 4 is 44.5 Å². The Morgan fingerprint density at radius 2 is 2.14 bits per heavy atom. The van der Waals surface area contributed by atoms with E-state index in [9.17, 15) is 4.79 Å². The molecule has 3 heterocycles. The SMILES string of the molecule is CCCCCSC1=NN2C(=c3cc(Br)ccc3=N[C@@H]2c2ccc(C)o2)C(=O)N1. The molecule has 0 saturated heterocycles. The molecule has 1 atom stereocenters. The topological polar surface area (TPSA) is 70.2 Å². The van der Waals surface area contributed by atoms with Crippen molar-refractivity contribution in [2.24, 2.45) is 10.1 Å². The lowest BCUT2D eigenvalue weighted by molar-refractivity contribution is -0.116. The van der Waals surface area contributed by atoms with Crippen molar-refractivity contribution in [2.45, 2.75) is 39.3 Å². The summed E-state index contributed by atoms with van der Waals surface area (Å²) in [5.41, 5.74) is 0.489. The first-order chi connectivity index (χ1) is 13.6. The van der Waals surface area contributed by atoms with Gasteiger partial charge in [0.1, 0.15) is 11.5 Å². The normalized spacial score (nSPS) is 18.2. The largest absolute Gasteiger partial charge is 0.462 e. The van der Waals surface area contributed by atoms with Gasteiger partial charge < -0.3 is 4.42 Å². The van der Waals surface area contributed by atoms with Gasteiger partial charge in [0.05, 0.1) is 5.36 Å². The van der Waals surface area contributed by atoms with E-state index in [1.54, 1.807) is 16.8 Å². The number of carbonyl (C=O) groups is 1. The minimum atomic E-state index is -0.505. The molecule has 146 valence electrons. The Morgan fingerprint density at radius 1 is 1.29 bits per heavy atom. The van der Waals surface area contributed by atoms with E-state index in [1.165, 1.54) is 6.42 Å². The molecule has 6 nitrogen and oxygen atoms in total. The summed E-state index contributed by atoms with van der Waals surface area (Å²) in [4.78, 5) is 17.8. The van der Waals surface area contributed by atoms with Gasteiger partial charge in [-0.1, -0.05) is 47.5 Å². The molecule has 1 N–H and O–H groups in total. The maximum Gasteiger partial charge on any atom is 0.276 e. The summed E-state index contributed by atoms with van der Waals surface area (Å²) >= 11 is 5.05. The molecule has 0 bridgehead atoms. The Morgan fingerprint density at radius 3 is 2.89 bits per heavy atom. The first kappa shape index (κ1) is 19.3. The van der Waals surface area contributed by atoms with Crippen LogP contribution in [-0.2, 0) is 4.79 Å². The molecule has 0 unspecified atom stereocenters. The summed E-state index contributed by atoms with van der Waals surface area (Å²) < 4.78 is 6.72. The third-order valence-corrected chi connectivity index (χ3v) is 6.02. The van der Waals surface area contributed by atoms with Crippen molar-refractivity contribution in [1.29, 1.82) is 0 Å². The van der Waals surface area contributed by atoms with Gasteiger partial charge >= 0.3 is 0 Å². The number of furan rings is 1. The van der Waals surface area contributed by atoms with Crippen LogP contribution < -0.4 is 15.9 Å². The first-order valence-corrected chi connectivity index (χ1v) is 11.1. The molecule has 1 aromatic carbocycles. The standard InChI is InChI=1S/C20H21BrN4O2S/c1-3-4-5-10-28-20-23-19(26)17-14-11-13(21)7-8-15(14)22-18(25(17)24-20)16-9-6-12(2)27-16/h6-9,11,18H,3-5,10H2,1-2H3,(H,23,24,26)/t18-/m0/s1. The minimum absolute atomic E-state index is 0.171. The van der Waals surface area contributed by atoms with Crippen LogP contribution in [0.5, 0.6) is 0 Å². The zero-order valence-electron chi connectivity index (χ0n) is 15.7. The summed E-state index contributed by atoms with van der Waals surface area (Å²) in [5.74, 6) is 2.21. The van der Waals surface area contributed by atoms with Crippen LogP contribution in [0, 0.1) is 6.92 Å². The molecule has 2 aromatic rings. The number of nitrogens with one attached hydrogen (secondary N) is 1. The average Bonchev–Trinajstić information content (AvgIpc) is 3.10. The van der Waals surface area contributed by atoms with Crippen molar-refractivity contribution < 1.29 is 9.21 Å². The molecule has 8 heteroatoms. The van der Waals surface area contributed by atoms with E-state index in [2.05, 4.69) is 28.2 Å². The number of thioether (sulfide) groups is 1. The fourth-order valence-electron chi connectivity index (χ4n) is 3.22. The van der Waals surface area contributed by atoms with Crippen LogP contribution in [0.1, 0.15) is 43.9 Å². The molecule has 28 heavy (non-hydrogen) atoms. The second-order valence-corrected chi connectivity index (χ2v) is 8.72. The van der Waals surface area contributed by atoms with Crippen molar-refractivity contribution in [1.82, 2.24) is 10.3 Å². The average molecular weight is 461 g/mol. The summed E-state index contributed by atoms with van der Waals surface area (Å²) in [6, 6.07) is 9.51. The lowest BCUT2D eigenvalue weighted by atomic mass is 10.1. The third kappa shape index (κ3) is 3.75. The number of fused-ring (bicyclic) bond motifs is 2. The van der Waals surface area contributed by atoms with E-state index in [-0.39, 0.29) is 5.91 Å². The molecule has 0 fully saturated rings. The van der Waals surface area contributed by atoms with Gasteiger partial charge in [0.25, 0.3) is 5.91 Å². The fraction of sp³-hybridized carbons (Fsp3) is 0.350. The molecular weight excluding hydrogens is 440 g/mol. The number of hydrazone groups is 1. The Balaban J connectivity index is 1.79. The Hall–Kier alpha value is -2.06. The van der Waals surface area contributed by atoms with Crippen LogP contribution in [-0.4, -0.2) is 21.8 Å². The lowest BCUT2D eigenvalue weighted by Crippen LogP contribution is -2.50. The van der Waals surface area contributed by atoms with E-state index in [1.807, 2.05) is 37.3 Å². The predicted octanol–water partition coefficient (Wildman–Crippen LogP) is 3.42. The minimum Gasteiger partial charge on any atom is -0.462 e. The molecule has 2 aliphatic rings. The number of benzene rings is 1. The van der Waals surface area contributed by atoms with Crippen LogP contribution in [0.4, 0.5) is 0 Å². The highest BCUT2D eigenvalue weighted by molar-refractivity contribution is 9.10. The number of hydrogen-bond donors (Lipinski definition) is 1. The zero-order valence-corrected chi connectivity index (χ0v) is 18.1. The maximum absolute atomic E-state index is 13.0. The van der Waals surface area contributed by atoms with Crippen LogP contribution in [0.2, 0.25) is 0 Å². The number of nitrogens with zero attached hydrogens (tertiary/aromatic N) is 3. The van der Waals surface area contributed by atoms with E-state index in [4.69, 9.17) is 14.5 Å². The number of aryl methyl sites for hydroxylation is 1. The number of unbranched alkanes of at least 4 members (excludes halogenated alkanes) is 2. The number of carbonyl (C=O) groups excluding carboxylic acids is 1. The van der Waals surface area contributed by atoms with E-state index in [0.29, 0.717) is 16.6 Å². The fourth-order valence-corrected chi connectivity index (χ4v) is 4.43. The van der Waals surface area contributed by atoms with Crippen molar-refractivity contribution in [3.63, 3.8) is 0 Å². The lowest BCUT2D eigenvalue weighted by Gasteiger charge is -2.32. The molecular formula is C20H21BrN4O2S. The van der Waals surface area contributed by atoms with Gasteiger partial charge in [0, 0.05) is 15.4 Å². The highest BCUT2D eigenvalue weighted by atomic mass is 79.9.